The molecular formula is C13H17BrN2O. The summed E-state index contributed by atoms with van der Waals surface area (Å²) in [6.45, 7) is 1.97. The van der Waals surface area contributed by atoms with Crippen LogP contribution >= 0.6 is 15.9 Å². The van der Waals surface area contributed by atoms with Crippen molar-refractivity contribution in [1.29, 1.82) is 0 Å². The molecule has 1 aliphatic rings. The molecule has 92 valence electrons. The molecule has 1 aliphatic carbocycles. The Labute approximate surface area is 110 Å². The summed E-state index contributed by atoms with van der Waals surface area (Å²) in [7, 11) is 0. The third-order valence-electron chi connectivity index (χ3n) is 3.23. The number of carbonyl (C=O) groups excluding carboxylic acids is 1. The average molecular weight is 297 g/mol. The van der Waals surface area contributed by atoms with Gasteiger partial charge in [0.05, 0.1) is 11.4 Å². The molecule has 0 spiro atoms. The molecule has 0 aromatic heterocycles. The van der Waals surface area contributed by atoms with Crippen LogP contribution in [0.25, 0.3) is 0 Å². The molecule has 0 aliphatic heterocycles. The van der Waals surface area contributed by atoms with Gasteiger partial charge < -0.3 is 11.1 Å². The lowest BCUT2D eigenvalue weighted by Crippen LogP contribution is -2.21. The number of hydrogen-bond acceptors (Lipinski definition) is 2. The fraction of sp³-hybridized carbons (Fsp3) is 0.462. The Hall–Kier alpha value is -1.03. The number of nitrogens with two attached hydrogens (primary N) is 1. The van der Waals surface area contributed by atoms with Crippen molar-refractivity contribution in [3.63, 3.8) is 0 Å². The van der Waals surface area contributed by atoms with Gasteiger partial charge in [-0.05, 0) is 59.3 Å². The molecule has 0 saturated heterocycles. The molecule has 4 heteroatoms. The van der Waals surface area contributed by atoms with Crippen LogP contribution in [0.2, 0.25) is 0 Å². The molecule has 3 N–H and O–H groups in total. The number of halogens is 1. The molecule has 1 amide bonds. The lowest BCUT2D eigenvalue weighted by molar-refractivity contribution is -0.117. The van der Waals surface area contributed by atoms with Gasteiger partial charge in [0.15, 0.2) is 0 Å². The molecule has 0 radical (unpaired) electrons. The molecule has 1 fully saturated rings. The first-order valence-electron chi connectivity index (χ1n) is 5.91. The van der Waals surface area contributed by atoms with Gasteiger partial charge in [-0.1, -0.05) is 6.42 Å². The first kappa shape index (κ1) is 12.4. The molecular weight excluding hydrogens is 280 g/mol. The van der Waals surface area contributed by atoms with Gasteiger partial charge >= 0.3 is 0 Å². The number of rotatable bonds is 3. The van der Waals surface area contributed by atoms with Crippen LogP contribution in [0.1, 0.15) is 31.2 Å². The Balaban J connectivity index is 2.04. The van der Waals surface area contributed by atoms with E-state index in [0.717, 1.165) is 10.0 Å². The van der Waals surface area contributed by atoms with Crippen molar-refractivity contribution >= 4 is 33.2 Å². The molecule has 1 aromatic rings. The van der Waals surface area contributed by atoms with E-state index in [-0.39, 0.29) is 5.91 Å². The summed E-state index contributed by atoms with van der Waals surface area (Å²) >= 11 is 3.43. The summed E-state index contributed by atoms with van der Waals surface area (Å²) in [4.78, 5) is 11.8. The Morgan fingerprint density at radius 3 is 2.76 bits per heavy atom. The maximum Gasteiger partial charge on any atom is 0.224 e. The quantitative estimate of drug-likeness (QED) is 0.839. The zero-order chi connectivity index (χ0) is 12.4. The molecule has 2 rings (SSSR count). The SMILES string of the molecule is Cc1cc(N)c(NC(=O)CC2CCC2)c(Br)c1. The van der Waals surface area contributed by atoms with Gasteiger partial charge in [-0.15, -0.1) is 0 Å². The molecule has 3 nitrogen and oxygen atoms in total. The van der Waals surface area contributed by atoms with Crippen LogP contribution in [-0.4, -0.2) is 5.91 Å². The van der Waals surface area contributed by atoms with Crippen LogP contribution in [0.15, 0.2) is 16.6 Å². The van der Waals surface area contributed by atoms with Gasteiger partial charge in [-0.3, -0.25) is 4.79 Å². The molecule has 0 unspecified atom stereocenters. The monoisotopic (exact) mass is 296 g/mol. The van der Waals surface area contributed by atoms with E-state index in [1.807, 2.05) is 19.1 Å². The Bertz CT molecular complexity index is 418. The maximum atomic E-state index is 11.8. The molecule has 0 bridgehead atoms. The van der Waals surface area contributed by atoms with Gasteiger partial charge in [0, 0.05) is 10.9 Å². The van der Waals surface area contributed by atoms with Crippen LogP contribution in [0.5, 0.6) is 0 Å². The number of amides is 1. The second kappa shape index (κ2) is 5.08. The van der Waals surface area contributed by atoms with Crippen LogP contribution in [-0.2, 0) is 4.79 Å². The lowest BCUT2D eigenvalue weighted by Gasteiger charge is -2.24. The van der Waals surface area contributed by atoms with Crippen molar-refractivity contribution < 1.29 is 4.79 Å². The van der Waals surface area contributed by atoms with E-state index in [1.165, 1.54) is 19.3 Å². The van der Waals surface area contributed by atoms with Crippen molar-refractivity contribution in [2.75, 3.05) is 11.1 Å². The second-order valence-corrected chi connectivity index (χ2v) is 5.61. The van der Waals surface area contributed by atoms with Gasteiger partial charge in [0.1, 0.15) is 0 Å². The Kier molecular flexibility index (Phi) is 3.72. The largest absolute Gasteiger partial charge is 0.397 e. The zero-order valence-corrected chi connectivity index (χ0v) is 11.5. The highest BCUT2D eigenvalue weighted by Crippen LogP contribution is 2.32. The van der Waals surface area contributed by atoms with Crippen LogP contribution in [0.3, 0.4) is 0 Å². The maximum absolute atomic E-state index is 11.8. The first-order chi connectivity index (χ1) is 8.06. The van der Waals surface area contributed by atoms with E-state index < -0.39 is 0 Å². The minimum Gasteiger partial charge on any atom is -0.397 e. The van der Waals surface area contributed by atoms with Crippen LogP contribution < -0.4 is 11.1 Å². The first-order valence-corrected chi connectivity index (χ1v) is 6.71. The number of hydrogen-bond donors (Lipinski definition) is 2. The number of carbonyl (C=O) groups is 1. The van der Waals surface area contributed by atoms with Crippen molar-refractivity contribution in [2.24, 2.45) is 5.92 Å². The van der Waals surface area contributed by atoms with Crippen LogP contribution in [0, 0.1) is 12.8 Å². The van der Waals surface area contributed by atoms with E-state index >= 15 is 0 Å². The highest BCUT2D eigenvalue weighted by atomic mass is 79.9. The third-order valence-corrected chi connectivity index (χ3v) is 3.85. The lowest BCUT2D eigenvalue weighted by atomic mass is 9.83. The van der Waals surface area contributed by atoms with Gasteiger partial charge in [0.25, 0.3) is 0 Å². The van der Waals surface area contributed by atoms with Gasteiger partial charge in [0.2, 0.25) is 5.91 Å². The Morgan fingerprint density at radius 2 is 2.24 bits per heavy atom. The predicted molar refractivity (Wildman–Crippen MR) is 73.9 cm³/mol. The molecule has 1 saturated carbocycles. The number of nitrogen functional groups attached to an aromatic ring is 1. The molecule has 1 aromatic carbocycles. The average Bonchev–Trinajstić information content (AvgIpc) is 2.17. The minimum atomic E-state index is 0.0611. The molecule has 0 atom stereocenters. The van der Waals surface area contributed by atoms with Crippen molar-refractivity contribution in [3.8, 4) is 0 Å². The van der Waals surface area contributed by atoms with E-state index in [4.69, 9.17) is 5.73 Å². The number of nitrogens with one attached hydrogen (secondary N) is 1. The standard InChI is InChI=1S/C13H17BrN2O/c1-8-5-10(14)13(11(15)6-8)16-12(17)7-9-3-2-4-9/h5-6,9H,2-4,7,15H2,1H3,(H,16,17). The van der Waals surface area contributed by atoms with Crippen molar-refractivity contribution in [2.45, 2.75) is 32.6 Å². The van der Waals surface area contributed by atoms with Gasteiger partial charge in [-0.25, -0.2) is 0 Å². The molecule has 17 heavy (non-hydrogen) atoms. The highest BCUT2D eigenvalue weighted by molar-refractivity contribution is 9.10. The van der Waals surface area contributed by atoms with E-state index in [2.05, 4.69) is 21.2 Å². The normalized spacial score (nSPS) is 15.4. The molecule has 0 heterocycles. The van der Waals surface area contributed by atoms with E-state index in [9.17, 15) is 4.79 Å². The Morgan fingerprint density at radius 1 is 1.53 bits per heavy atom. The summed E-state index contributed by atoms with van der Waals surface area (Å²) < 4.78 is 0.844. The fourth-order valence-electron chi connectivity index (χ4n) is 2.05. The minimum absolute atomic E-state index is 0.0611. The third kappa shape index (κ3) is 3.00. The topological polar surface area (TPSA) is 55.1 Å². The zero-order valence-electron chi connectivity index (χ0n) is 9.92. The van der Waals surface area contributed by atoms with Crippen molar-refractivity contribution in [3.05, 3.63) is 22.2 Å². The smallest absolute Gasteiger partial charge is 0.224 e. The highest BCUT2D eigenvalue weighted by Gasteiger charge is 2.21. The fourth-order valence-corrected chi connectivity index (χ4v) is 2.74. The predicted octanol–water partition coefficient (Wildman–Crippen LogP) is 3.47. The number of anilines is 2. The van der Waals surface area contributed by atoms with Crippen molar-refractivity contribution in [1.82, 2.24) is 0 Å². The summed E-state index contributed by atoms with van der Waals surface area (Å²) in [5, 5.41) is 2.89. The van der Waals surface area contributed by atoms with E-state index in [1.54, 1.807) is 0 Å². The summed E-state index contributed by atoms with van der Waals surface area (Å²) in [6, 6.07) is 3.82. The summed E-state index contributed by atoms with van der Waals surface area (Å²) in [5.74, 6) is 0.631. The summed E-state index contributed by atoms with van der Waals surface area (Å²) in [6.07, 6.45) is 4.23. The second-order valence-electron chi connectivity index (χ2n) is 4.76. The number of aryl methyl sites for hydroxylation is 1. The number of benzene rings is 1. The van der Waals surface area contributed by atoms with Gasteiger partial charge in [-0.2, -0.15) is 0 Å². The van der Waals surface area contributed by atoms with Crippen LogP contribution in [0.4, 0.5) is 11.4 Å². The van der Waals surface area contributed by atoms with E-state index in [0.29, 0.717) is 23.7 Å². The summed E-state index contributed by atoms with van der Waals surface area (Å²) in [5.41, 5.74) is 8.28.